The Morgan fingerprint density at radius 2 is 2.14 bits per heavy atom. The van der Waals surface area contributed by atoms with Gasteiger partial charge in [-0.05, 0) is 24.3 Å². The van der Waals surface area contributed by atoms with Crippen molar-refractivity contribution in [3.8, 4) is 0 Å². The van der Waals surface area contributed by atoms with E-state index in [4.69, 9.17) is 4.74 Å². The number of benzene rings is 1. The lowest BCUT2D eigenvalue weighted by molar-refractivity contribution is -0.130. The fourth-order valence-corrected chi connectivity index (χ4v) is 3.27. The summed E-state index contributed by atoms with van der Waals surface area (Å²) in [4.78, 5) is 25.5. The van der Waals surface area contributed by atoms with Crippen LogP contribution in [0.25, 0.3) is 0 Å². The van der Waals surface area contributed by atoms with E-state index < -0.39 is 6.09 Å². The van der Waals surface area contributed by atoms with E-state index >= 15 is 0 Å². The molecule has 0 N–H and O–H groups in total. The molecule has 2 amide bonds. The summed E-state index contributed by atoms with van der Waals surface area (Å²) in [6.45, 7) is 2.30. The molecular formula is C16H20BrNO3. The molecule has 0 spiro atoms. The maximum atomic E-state index is 12.4. The first-order chi connectivity index (χ1) is 10.1. The molecule has 1 aromatic carbocycles. The van der Waals surface area contributed by atoms with E-state index in [1.165, 1.54) is 4.90 Å². The minimum absolute atomic E-state index is 0.133. The van der Waals surface area contributed by atoms with Crippen LogP contribution >= 0.6 is 15.9 Å². The third-order valence-electron chi connectivity index (χ3n) is 3.67. The largest absolute Gasteiger partial charge is 0.447 e. The van der Waals surface area contributed by atoms with E-state index in [2.05, 4.69) is 15.9 Å². The zero-order valence-electron chi connectivity index (χ0n) is 12.1. The summed E-state index contributed by atoms with van der Waals surface area (Å²) in [5, 5.41) is 0.860. The number of halogens is 1. The van der Waals surface area contributed by atoms with E-state index in [1.54, 1.807) is 0 Å². The van der Waals surface area contributed by atoms with Crippen LogP contribution in [0.2, 0.25) is 0 Å². The van der Waals surface area contributed by atoms with Crippen LogP contribution in [0.4, 0.5) is 4.79 Å². The number of amides is 2. The molecule has 0 radical (unpaired) electrons. The van der Waals surface area contributed by atoms with Crippen molar-refractivity contribution in [1.82, 2.24) is 4.90 Å². The van der Waals surface area contributed by atoms with Crippen molar-refractivity contribution < 1.29 is 14.3 Å². The van der Waals surface area contributed by atoms with E-state index in [0.717, 1.165) is 17.3 Å². The number of alkyl halides is 1. The van der Waals surface area contributed by atoms with Crippen LogP contribution < -0.4 is 0 Å². The van der Waals surface area contributed by atoms with Gasteiger partial charge in [0.25, 0.3) is 0 Å². The molecule has 1 aliphatic rings. The van der Waals surface area contributed by atoms with E-state index in [1.807, 2.05) is 37.3 Å². The summed E-state index contributed by atoms with van der Waals surface area (Å²) in [5.41, 5.74) is 1.10. The normalized spacial score (nSPS) is 19.4. The molecule has 0 aliphatic carbocycles. The third-order valence-corrected chi connectivity index (χ3v) is 4.13. The van der Waals surface area contributed by atoms with Crippen molar-refractivity contribution in [2.45, 2.75) is 32.2 Å². The van der Waals surface area contributed by atoms with Gasteiger partial charge in [-0.25, -0.2) is 9.69 Å². The zero-order chi connectivity index (χ0) is 15.2. The lowest BCUT2D eigenvalue weighted by Crippen LogP contribution is -2.40. The molecule has 1 aliphatic heterocycles. The van der Waals surface area contributed by atoms with Gasteiger partial charge in [0.15, 0.2) is 0 Å². The smallest absolute Gasteiger partial charge is 0.416 e. The van der Waals surface area contributed by atoms with Gasteiger partial charge in [0.05, 0.1) is 6.04 Å². The molecular weight excluding hydrogens is 334 g/mol. The molecule has 1 fully saturated rings. The highest BCUT2D eigenvalue weighted by Gasteiger charge is 2.37. The molecule has 0 aromatic heterocycles. The molecule has 2 unspecified atom stereocenters. The molecule has 0 saturated carbocycles. The standard InChI is InChI=1S/C16H20BrNO3/c1-12(7-8-17)9-15(19)18-14(11-21-16(18)20)10-13-5-3-2-4-6-13/h2-6,12,14H,7-11H2,1H3. The number of ether oxygens (including phenoxy) is 1. The Morgan fingerprint density at radius 3 is 2.81 bits per heavy atom. The second-order valence-electron chi connectivity index (χ2n) is 5.47. The number of carbonyl (C=O) groups excluding carboxylic acids is 2. The van der Waals surface area contributed by atoms with Gasteiger partial charge < -0.3 is 4.74 Å². The SMILES string of the molecule is CC(CCBr)CC(=O)N1C(=O)OCC1Cc1ccccc1. The number of hydrogen-bond acceptors (Lipinski definition) is 3. The van der Waals surface area contributed by atoms with Crippen LogP contribution in [0.3, 0.4) is 0 Å². The molecule has 1 saturated heterocycles. The quantitative estimate of drug-likeness (QED) is 0.736. The highest BCUT2D eigenvalue weighted by atomic mass is 79.9. The first-order valence-electron chi connectivity index (χ1n) is 7.20. The molecule has 21 heavy (non-hydrogen) atoms. The van der Waals surface area contributed by atoms with Gasteiger partial charge in [-0.15, -0.1) is 0 Å². The minimum Gasteiger partial charge on any atom is -0.447 e. The van der Waals surface area contributed by atoms with Gasteiger partial charge in [-0.1, -0.05) is 53.2 Å². The maximum Gasteiger partial charge on any atom is 0.416 e. The number of rotatable bonds is 6. The molecule has 114 valence electrons. The monoisotopic (exact) mass is 353 g/mol. The highest BCUT2D eigenvalue weighted by molar-refractivity contribution is 9.09. The fourth-order valence-electron chi connectivity index (χ4n) is 2.49. The van der Waals surface area contributed by atoms with Crippen molar-refractivity contribution in [2.24, 2.45) is 5.92 Å². The number of imide groups is 1. The third kappa shape index (κ3) is 4.30. The van der Waals surface area contributed by atoms with Crippen LogP contribution in [-0.4, -0.2) is 34.9 Å². The van der Waals surface area contributed by atoms with Crippen molar-refractivity contribution in [2.75, 3.05) is 11.9 Å². The van der Waals surface area contributed by atoms with Crippen LogP contribution in [-0.2, 0) is 16.0 Å². The van der Waals surface area contributed by atoms with Gasteiger partial charge in [0.2, 0.25) is 5.91 Å². The number of carbonyl (C=O) groups is 2. The Balaban J connectivity index is 2.01. The average Bonchev–Trinajstić information content (AvgIpc) is 2.81. The van der Waals surface area contributed by atoms with Crippen LogP contribution in [0.5, 0.6) is 0 Å². The Hall–Kier alpha value is -1.36. The first-order valence-corrected chi connectivity index (χ1v) is 8.32. The Kier molecular flexibility index (Phi) is 5.79. The summed E-state index contributed by atoms with van der Waals surface area (Å²) in [6.07, 6.45) is 1.43. The van der Waals surface area contributed by atoms with Gasteiger partial charge >= 0.3 is 6.09 Å². The van der Waals surface area contributed by atoms with Crippen LogP contribution in [0.1, 0.15) is 25.3 Å². The minimum atomic E-state index is -0.507. The van der Waals surface area contributed by atoms with Crippen LogP contribution in [0, 0.1) is 5.92 Å². The van der Waals surface area contributed by atoms with Gasteiger partial charge in [-0.2, -0.15) is 0 Å². The molecule has 1 aromatic rings. The summed E-state index contributed by atoms with van der Waals surface area (Å²) < 4.78 is 5.07. The summed E-state index contributed by atoms with van der Waals surface area (Å²) in [6, 6.07) is 9.67. The Labute approximate surface area is 133 Å². The zero-order valence-corrected chi connectivity index (χ0v) is 13.7. The molecule has 4 nitrogen and oxygen atoms in total. The molecule has 1 heterocycles. The van der Waals surface area contributed by atoms with Crippen LogP contribution in [0.15, 0.2) is 30.3 Å². The van der Waals surface area contributed by atoms with Crippen molar-refractivity contribution >= 4 is 27.9 Å². The highest BCUT2D eigenvalue weighted by Crippen LogP contribution is 2.20. The van der Waals surface area contributed by atoms with E-state index in [-0.39, 0.29) is 24.5 Å². The summed E-state index contributed by atoms with van der Waals surface area (Å²) >= 11 is 3.37. The molecule has 0 bridgehead atoms. The number of cyclic esters (lactones) is 1. The fraction of sp³-hybridized carbons (Fsp3) is 0.500. The second-order valence-corrected chi connectivity index (χ2v) is 6.26. The van der Waals surface area contributed by atoms with Gasteiger partial charge in [0, 0.05) is 11.8 Å². The predicted molar refractivity (Wildman–Crippen MR) is 84.3 cm³/mol. The van der Waals surface area contributed by atoms with Gasteiger partial charge in [-0.3, -0.25) is 4.79 Å². The molecule has 5 heteroatoms. The first kappa shape index (κ1) is 16.0. The summed E-state index contributed by atoms with van der Waals surface area (Å²) in [5.74, 6) is 0.120. The Bertz CT molecular complexity index is 492. The lowest BCUT2D eigenvalue weighted by atomic mass is 10.0. The molecule has 2 rings (SSSR count). The lowest BCUT2D eigenvalue weighted by Gasteiger charge is -2.21. The van der Waals surface area contributed by atoms with E-state index in [9.17, 15) is 9.59 Å². The number of hydrogen-bond donors (Lipinski definition) is 0. The predicted octanol–water partition coefficient (Wildman–Crippen LogP) is 3.39. The van der Waals surface area contributed by atoms with Gasteiger partial charge in [0.1, 0.15) is 6.61 Å². The van der Waals surface area contributed by atoms with E-state index in [0.29, 0.717) is 12.8 Å². The molecule has 2 atom stereocenters. The van der Waals surface area contributed by atoms with Crippen molar-refractivity contribution in [3.63, 3.8) is 0 Å². The average molecular weight is 354 g/mol. The second kappa shape index (κ2) is 7.59. The van der Waals surface area contributed by atoms with Crippen molar-refractivity contribution in [3.05, 3.63) is 35.9 Å². The Morgan fingerprint density at radius 1 is 1.43 bits per heavy atom. The topological polar surface area (TPSA) is 46.6 Å². The van der Waals surface area contributed by atoms with Crippen molar-refractivity contribution in [1.29, 1.82) is 0 Å². The number of nitrogens with zero attached hydrogens (tertiary/aromatic N) is 1. The summed E-state index contributed by atoms with van der Waals surface area (Å²) in [7, 11) is 0. The maximum absolute atomic E-state index is 12.4.